The molecule has 2 N–H and O–H groups in total. The number of aliphatic hydroxyl groups excluding tert-OH is 1. The molecule has 0 spiro atoms. The maximum atomic E-state index is 14.0. The fraction of sp³-hybridized carbons (Fsp3) is 0.321. The van der Waals surface area contributed by atoms with Gasteiger partial charge in [0.25, 0.3) is 0 Å². The van der Waals surface area contributed by atoms with Crippen molar-refractivity contribution < 1.29 is 9.90 Å². The molecule has 3 aromatic carbocycles. The van der Waals surface area contributed by atoms with Gasteiger partial charge < -0.3 is 15.3 Å². The molecular formula is C28H28Cl2N2O2. The largest absolute Gasteiger partial charge is 0.391 e. The molecule has 1 saturated carbocycles. The van der Waals surface area contributed by atoms with Gasteiger partial charge >= 0.3 is 0 Å². The van der Waals surface area contributed by atoms with Crippen LogP contribution in [0.2, 0.25) is 10.0 Å². The number of benzene rings is 3. The molecule has 2 aliphatic rings. The number of amides is 1. The normalized spacial score (nSPS) is 22.4. The maximum absolute atomic E-state index is 14.0. The van der Waals surface area contributed by atoms with Gasteiger partial charge in [0.2, 0.25) is 5.91 Å². The number of hydrogen-bond donors (Lipinski definition) is 2. The molecule has 3 aromatic rings. The highest BCUT2D eigenvalue weighted by Gasteiger charge is 2.43. The molecule has 0 radical (unpaired) electrons. The molecule has 1 aliphatic heterocycles. The number of halogens is 2. The fourth-order valence-electron chi connectivity index (χ4n) is 5.00. The molecule has 1 heterocycles. The van der Waals surface area contributed by atoms with Crippen LogP contribution in [0.5, 0.6) is 0 Å². The van der Waals surface area contributed by atoms with E-state index in [1.54, 1.807) is 6.07 Å². The molecule has 1 aliphatic carbocycles. The van der Waals surface area contributed by atoms with Gasteiger partial charge in [-0.15, -0.1) is 0 Å². The van der Waals surface area contributed by atoms with Gasteiger partial charge in [-0.3, -0.25) is 4.79 Å². The molecule has 176 valence electrons. The zero-order valence-corrected chi connectivity index (χ0v) is 20.3. The fourth-order valence-corrected chi connectivity index (χ4v) is 5.38. The Labute approximate surface area is 210 Å². The summed E-state index contributed by atoms with van der Waals surface area (Å²) in [5.74, 6) is -0.596. The summed E-state index contributed by atoms with van der Waals surface area (Å²) in [4.78, 5) is 15.9. The minimum Gasteiger partial charge on any atom is -0.391 e. The van der Waals surface area contributed by atoms with Crippen LogP contribution in [0, 0.1) is 5.92 Å². The molecule has 4 nitrogen and oxygen atoms in total. The summed E-state index contributed by atoms with van der Waals surface area (Å²) in [6, 6.07) is 24.2. The van der Waals surface area contributed by atoms with E-state index in [1.165, 1.54) is 0 Å². The first kappa shape index (κ1) is 23.4. The van der Waals surface area contributed by atoms with Gasteiger partial charge in [-0.25, -0.2) is 0 Å². The van der Waals surface area contributed by atoms with Crippen molar-refractivity contribution in [1.29, 1.82) is 0 Å². The molecular weight excluding hydrogens is 467 g/mol. The standard InChI is InChI=1S/C28H28Cl2N2O2/c29-24-11-5-10-21(27(24)30)17-32(22-12-13-22)28(34)23-15-31-16-25(33)26(23)20-9-4-8-19(14-20)18-6-2-1-3-7-18/h1-11,14,22-23,25-26,31,33H,12-13,15-17H2/t23-,25-,26+/m0/s1. The van der Waals surface area contributed by atoms with Crippen molar-refractivity contribution in [2.24, 2.45) is 5.92 Å². The van der Waals surface area contributed by atoms with Crippen LogP contribution in [-0.4, -0.2) is 41.1 Å². The number of carbonyl (C=O) groups excluding carboxylic acids is 1. The first-order chi connectivity index (χ1) is 16.5. The van der Waals surface area contributed by atoms with E-state index in [1.807, 2.05) is 47.4 Å². The van der Waals surface area contributed by atoms with Crippen LogP contribution in [0.1, 0.15) is 29.9 Å². The molecule has 0 aromatic heterocycles. The van der Waals surface area contributed by atoms with Gasteiger partial charge in [0.05, 0.1) is 22.1 Å². The third kappa shape index (κ3) is 4.87. The number of β-amino-alcohol motifs (C(OH)–C–C–N with tert-alkyl or cyclic N) is 1. The summed E-state index contributed by atoms with van der Waals surface area (Å²) in [6.45, 7) is 1.42. The Kier molecular flexibility index (Phi) is 6.94. The van der Waals surface area contributed by atoms with Crippen LogP contribution in [0.3, 0.4) is 0 Å². The lowest BCUT2D eigenvalue weighted by Gasteiger charge is -2.38. The van der Waals surface area contributed by atoms with Crippen molar-refractivity contribution >= 4 is 29.1 Å². The predicted molar refractivity (Wildman–Crippen MR) is 137 cm³/mol. The highest BCUT2D eigenvalue weighted by Crippen LogP contribution is 2.38. The van der Waals surface area contributed by atoms with E-state index in [9.17, 15) is 9.90 Å². The number of rotatable bonds is 6. The van der Waals surface area contributed by atoms with Crippen molar-refractivity contribution in [1.82, 2.24) is 10.2 Å². The van der Waals surface area contributed by atoms with E-state index in [4.69, 9.17) is 23.2 Å². The zero-order valence-electron chi connectivity index (χ0n) is 18.8. The van der Waals surface area contributed by atoms with Crippen molar-refractivity contribution in [2.75, 3.05) is 13.1 Å². The van der Waals surface area contributed by atoms with E-state index in [-0.39, 0.29) is 23.8 Å². The molecule has 0 bridgehead atoms. The summed E-state index contributed by atoms with van der Waals surface area (Å²) >= 11 is 12.7. The summed E-state index contributed by atoms with van der Waals surface area (Å²) in [5, 5.41) is 15.3. The lowest BCUT2D eigenvalue weighted by atomic mass is 9.77. The monoisotopic (exact) mass is 494 g/mol. The number of nitrogens with one attached hydrogen (secondary N) is 1. The molecule has 3 atom stereocenters. The van der Waals surface area contributed by atoms with Gasteiger partial charge in [-0.05, 0) is 41.2 Å². The average molecular weight is 495 g/mol. The average Bonchev–Trinajstić information content (AvgIpc) is 3.70. The van der Waals surface area contributed by atoms with E-state index in [0.717, 1.165) is 35.1 Å². The number of piperidine rings is 1. The van der Waals surface area contributed by atoms with Crippen LogP contribution in [0.15, 0.2) is 72.8 Å². The lowest BCUT2D eigenvalue weighted by molar-refractivity contribution is -0.139. The summed E-state index contributed by atoms with van der Waals surface area (Å²) in [6.07, 6.45) is 1.33. The third-order valence-corrected chi connectivity index (χ3v) is 7.76. The van der Waals surface area contributed by atoms with Crippen LogP contribution in [0.25, 0.3) is 11.1 Å². The van der Waals surface area contributed by atoms with Gasteiger partial charge in [0, 0.05) is 31.6 Å². The Morgan fingerprint density at radius 3 is 2.44 bits per heavy atom. The van der Waals surface area contributed by atoms with Crippen molar-refractivity contribution in [2.45, 2.75) is 37.5 Å². The van der Waals surface area contributed by atoms with Crippen LogP contribution in [0.4, 0.5) is 0 Å². The second kappa shape index (κ2) is 10.1. The highest BCUT2D eigenvalue weighted by atomic mass is 35.5. The number of aliphatic hydroxyl groups is 1. The number of hydrogen-bond acceptors (Lipinski definition) is 3. The predicted octanol–water partition coefficient (Wildman–Crippen LogP) is 5.52. The van der Waals surface area contributed by atoms with E-state index >= 15 is 0 Å². The second-order valence-corrected chi connectivity index (χ2v) is 10.0. The molecule has 6 heteroatoms. The zero-order chi connectivity index (χ0) is 23.7. The van der Waals surface area contributed by atoms with E-state index < -0.39 is 6.10 Å². The maximum Gasteiger partial charge on any atom is 0.228 e. The van der Waals surface area contributed by atoms with Gasteiger partial charge in [0.15, 0.2) is 0 Å². The SMILES string of the molecule is O=C([C@H]1CNC[C@H](O)[C@@H]1c1cccc(-c2ccccc2)c1)N(Cc1cccc(Cl)c1Cl)C1CC1. The van der Waals surface area contributed by atoms with Crippen molar-refractivity contribution in [3.63, 3.8) is 0 Å². The van der Waals surface area contributed by atoms with Gasteiger partial charge in [0.1, 0.15) is 0 Å². The summed E-state index contributed by atoms with van der Waals surface area (Å²) < 4.78 is 0. The third-order valence-electron chi connectivity index (χ3n) is 6.90. The van der Waals surface area contributed by atoms with Crippen LogP contribution < -0.4 is 5.32 Å². The molecule has 5 rings (SSSR count). The quantitative estimate of drug-likeness (QED) is 0.474. The topological polar surface area (TPSA) is 52.6 Å². The molecule has 1 saturated heterocycles. The Balaban J connectivity index is 1.45. The van der Waals surface area contributed by atoms with Gasteiger partial charge in [-0.2, -0.15) is 0 Å². The molecule has 0 unspecified atom stereocenters. The first-order valence-corrected chi connectivity index (χ1v) is 12.6. The second-order valence-electron chi connectivity index (χ2n) is 9.26. The Bertz CT molecular complexity index is 1170. The Morgan fingerprint density at radius 1 is 0.941 bits per heavy atom. The highest BCUT2D eigenvalue weighted by molar-refractivity contribution is 6.42. The first-order valence-electron chi connectivity index (χ1n) is 11.8. The summed E-state index contributed by atoms with van der Waals surface area (Å²) in [5.41, 5.74) is 4.04. The van der Waals surface area contributed by atoms with E-state index in [2.05, 4.69) is 29.6 Å². The van der Waals surface area contributed by atoms with Crippen LogP contribution >= 0.6 is 23.2 Å². The van der Waals surface area contributed by atoms with Crippen molar-refractivity contribution in [3.8, 4) is 11.1 Å². The summed E-state index contributed by atoms with van der Waals surface area (Å²) in [7, 11) is 0. The minimum absolute atomic E-state index is 0.0555. The van der Waals surface area contributed by atoms with Gasteiger partial charge in [-0.1, -0.05) is 89.9 Å². The Morgan fingerprint density at radius 2 is 1.68 bits per heavy atom. The molecule has 1 amide bonds. The lowest BCUT2D eigenvalue weighted by Crippen LogP contribution is -2.52. The minimum atomic E-state index is -0.649. The molecule has 34 heavy (non-hydrogen) atoms. The van der Waals surface area contributed by atoms with E-state index in [0.29, 0.717) is 29.7 Å². The smallest absolute Gasteiger partial charge is 0.228 e. The number of nitrogens with zero attached hydrogens (tertiary/aromatic N) is 1. The van der Waals surface area contributed by atoms with Crippen LogP contribution in [-0.2, 0) is 11.3 Å². The molecule has 2 fully saturated rings. The van der Waals surface area contributed by atoms with Crippen molar-refractivity contribution in [3.05, 3.63) is 94.0 Å². The number of carbonyl (C=O) groups is 1. The Hall–Kier alpha value is -2.37.